The summed E-state index contributed by atoms with van der Waals surface area (Å²) < 4.78 is 27.4. The number of primary amides is 1. The molecule has 1 aromatic carbocycles. The van der Waals surface area contributed by atoms with Gasteiger partial charge in [-0.25, -0.2) is 8.42 Å². The summed E-state index contributed by atoms with van der Waals surface area (Å²) in [5.41, 5.74) is 5.61. The number of benzene rings is 1. The Labute approximate surface area is 203 Å². The summed E-state index contributed by atoms with van der Waals surface area (Å²) >= 11 is 0. The van der Waals surface area contributed by atoms with Crippen LogP contribution in [0.2, 0.25) is 0 Å². The van der Waals surface area contributed by atoms with Crippen LogP contribution in [0, 0.1) is 5.92 Å². The first-order valence-electron chi connectivity index (χ1n) is 12.7. The third-order valence-electron chi connectivity index (χ3n) is 8.00. The van der Waals surface area contributed by atoms with E-state index in [9.17, 15) is 18.0 Å². The fourth-order valence-corrected chi connectivity index (χ4v) is 7.35. The van der Waals surface area contributed by atoms with Crippen LogP contribution >= 0.6 is 0 Å². The summed E-state index contributed by atoms with van der Waals surface area (Å²) in [7, 11) is -3.66. The molecular formula is C25H38N4O4S. The van der Waals surface area contributed by atoms with Crippen molar-refractivity contribution in [1.29, 1.82) is 0 Å². The van der Waals surface area contributed by atoms with Gasteiger partial charge in [0, 0.05) is 36.7 Å². The van der Waals surface area contributed by atoms with Crippen LogP contribution in [-0.2, 0) is 14.8 Å². The Balaban J connectivity index is 1.32. The van der Waals surface area contributed by atoms with Gasteiger partial charge in [-0.15, -0.1) is 0 Å². The summed E-state index contributed by atoms with van der Waals surface area (Å²) in [6.07, 6.45) is 10.9. The lowest BCUT2D eigenvalue weighted by Crippen LogP contribution is -2.58. The first-order valence-corrected chi connectivity index (χ1v) is 14.2. The van der Waals surface area contributed by atoms with Crippen LogP contribution in [0.25, 0.3) is 0 Å². The highest BCUT2D eigenvalue weighted by Gasteiger charge is 2.39. The van der Waals surface area contributed by atoms with Crippen molar-refractivity contribution in [2.45, 2.75) is 74.6 Å². The van der Waals surface area contributed by atoms with Crippen molar-refractivity contribution < 1.29 is 18.0 Å². The van der Waals surface area contributed by atoms with Gasteiger partial charge in [0.05, 0.1) is 4.90 Å². The van der Waals surface area contributed by atoms with Crippen LogP contribution < -0.4 is 11.1 Å². The third kappa shape index (κ3) is 5.47. The molecular weight excluding hydrogens is 452 g/mol. The number of nitrogens with zero attached hydrogens (tertiary/aromatic N) is 2. The molecule has 4 rings (SSSR count). The Morgan fingerprint density at radius 3 is 2.09 bits per heavy atom. The van der Waals surface area contributed by atoms with Crippen molar-refractivity contribution in [1.82, 2.24) is 14.5 Å². The summed E-state index contributed by atoms with van der Waals surface area (Å²) in [4.78, 5) is 27.1. The van der Waals surface area contributed by atoms with Gasteiger partial charge in [-0.3, -0.25) is 14.5 Å². The van der Waals surface area contributed by atoms with E-state index in [4.69, 9.17) is 5.73 Å². The second-order valence-electron chi connectivity index (χ2n) is 10.1. The maximum atomic E-state index is 13.1. The van der Waals surface area contributed by atoms with Gasteiger partial charge in [-0.1, -0.05) is 25.7 Å². The number of amides is 2. The molecule has 3 fully saturated rings. The fourth-order valence-electron chi connectivity index (χ4n) is 5.88. The van der Waals surface area contributed by atoms with Gasteiger partial charge in [-0.2, -0.15) is 4.31 Å². The maximum absolute atomic E-state index is 13.1. The number of carbonyl (C=O) groups is 2. The molecule has 34 heavy (non-hydrogen) atoms. The highest BCUT2D eigenvalue weighted by atomic mass is 32.2. The molecule has 0 bridgehead atoms. The van der Waals surface area contributed by atoms with E-state index in [1.54, 1.807) is 0 Å². The molecule has 9 heteroatoms. The molecule has 3 N–H and O–H groups in total. The van der Waals surface area contributed by atoms with Gasteiger partial charge in [0.25, 0.3) is 0 Å². The number of hydrogen-bond donors (Lipinski definition) is 2. The van der Waals surface area contributed by atoms with Crippen LogP contribution in [0.3, 0.4) is 0 Å². The van der Waals surface area contributed by atoms with Gasteiger partial charge >= 0.3 is 0 Å². The molecule has 8 nitrogen and oxygen atoms in total. The maximum Gasteiger partial charge on any atom is 0.248 e. The minimum absolute atomic E-state index is 0.0600. The monoisotopic (exact) mass is 490 g/mol. The molecule has 0 atom stereocenters. The first kappa shape index (κ1) is 25.1. The van der Waals surface area contributed by atoms with Crippen LogP contribution in [0.5, 0.6) is 0 Å². The van der Waals surface area contributed by atoms with E-state index in [1.807, 2.05) is 0 Å². The van der Waals surface area contributed by atoms with Crippen molar-refractivity contribution >= 4 is 21.8 Å². The van der Waals surface area contributed by atoms with E-state index in [0.29, 0.717) is 32.5 Å². The smallest absolute Gasteiger partial charge is 0.248 e. The number of carbonyl (C=O) groups excluding carboxylic acids is 2. The van der Waals surface area contributed by atoms with E-state index < -0.39 is 15.9 Å². The largest absolute Gasteiger partial charge is 0.366 e. The number of hydrogen-bond acceptors (Lipinski definition) is 5. The lowest BCUT2D eigenvalue weighted by molar-refractivity contribution is -0.127. The molecule has 0 unspecified atom stereocenters. The second kappa shape index (κ2) is 10.7. The van der Waals surface area contributed by atoms with Crippen LogP contribution in [0.4, 0.5) is 0 Å². The molecule has 1 aliphatic carbocycles. The molecule has 0 aromatic heterocycles. The number of piperidine rings is 2. The second-order valence-corrected chi connectivity index (χ2v) is 12.1. The number of nitrogens with one attached hydrogen (secondary N) is 1. The molecule has 1 aromatic rings. The molecule has 2 saturated heterocycles. The molecule has 2 heterocycles. The highest BCUT2D eigenvalue weighted by molar-refractivity contribution is 7.89. The number of rotatable bonds is 7. The van der Waals surface area contributed by atoms with Crippen molar-refractivity contribution in [2.75, 3.05) is 32.7 Å². The summed E-state index contributed by atoms with van der Waals surface area (Å²) in [6.45, 7) is 3.60. The number of sulfonamides is 1. The van der Waals surface area contributed by atoms with E-state index >= 15 is 0 Å². The summed E-state index contributed by atoms with van der Waals surface area (Å²) in [6, 6.07) is 5.69. The molecule has 3 aliphatic rings. The van der Waals surface area contributed by atoms with Crippen molar-refractivity contribution in [3.63, 3.8) is 0 Å². The zero-order valence-corrected chi connectivity index (χ0v) is 20.8. The molecule has 2 amide bonds. The Kier molecular flexibility index (Phi) is 7.94. The van der Waals surface area contributed by atoms with Gasteiger partial charge in [0.1, 0.15) is 0 Å². The van der Waals surface area contributed by atoms with E-state index in [2.05, 4.69) is 10.2 Å². The Morgan fingerprint density at radius 2 is 1.50 bits per heavy atom. The van der Waals surface area contributed by atoms with Crippen LogP contribution in [0.1, 0.15) is 74.6 Å². The topological polar surface area (TPSA) is 113 Å². The Bertz CT molecular complexity index is 959. The normalized spacial score (nSPS) is 22.8. The predicted octanol–water partition coefficient (Wildman–Crippen LogP) is 2.49. The number of likely N-dealkylation sites (tertiary alicyclic amines) is 1. The zero-order chi connectivity index (χ0) is 24.2. The quantitative estimate of drug-likeness (QED) is 0.610. The van der Waals surface area contributed by atoms with Crippen molar-refractivity contribution in [2.24, 2.45) is 11.7 Å². The molecule has 0 radical (unpaired) electrons. The lowest BCUT2D eigenvalue weighted by atomic mass is 9.79. The molecule has 1 saturated carbocycles. The lowest BCUT2D eigenvalue weighted by Gasteiger charge is -2.48. The Morgan fingerprint density at radius 1 is 0.912 bits per heavy atom. The van der Waals surface area contributed by atoms with E-state index in [-0.39, 0.29) is 27.8 Å². The third-order valence-corrected chi connectivity index (χ3v) is 9.92. The average molecular weight is 491 g/mol. The van der Waals surface area contributed by atoms with Crippen LogP contribution in [0.15, 0.2) is 29.2 Å². The van der Waals surface area contributed by atoms with Gasteiger partial charge in [0.15, 0.2) is 0 Å². The van der Waals surface area contributed by atoms with E-state index in [0.717, 1.165) is 25.9 Å². The van der Waals surface area contributed by atoms with Crippen molar-refractivity contribution in [3.05, 3.63) is 29.8 Å². The predicted molar refractivity (Wildman–Crippen MR) is 131 cm³/mol. The van der Waals surface area contributed by atoms with Crippen molar-refractivity contribution in [3.8, 4) is 0 Å². The number of nitrogens with two attached hydrogens (primary N) is 1. The molecule has 0 spiro atoms. The van der Waals surface area contributed by atoms with Gasteiger partial charge in [0.2, 0.25) is 21.8 Å². The standard InChI is InChI=1S/C25H38N4O4S/c26-23(30)20-7-9-22(10-8-20)34(32,33)29-17-11-21(12-18-29)24(31)27-19-25(13-3-1-4-14-25)28-15-5-2-6-16-28/h7-10,21H,1-6,11-19H2,(H2,26,30)(H,27,31). The van der Waals surface area contributed by atoms with Crippen LogP contribution in [-0.4, -0.2) is 67.7 Å². The minimum atomic E-state index is -3.66. The highest BCUT2D eigenvalue weighted by Crippen LogP contribution is 2.35. The Hall–Kier alpha value is -1.97. The zero-order valence-electron chi connectivity index (χ0n) is 20.0. The molecule has 2 aliphatic heterocycles. The SMILES string of the molecule is NC(=O)c1ccc(S(=O)(=O)N2CCC(C(=O)NCC3(N4CCCCC4)CCCCC3)CC2)cc1. The molecule has 188 valence electrons. The average Bonchev–Trinajstić information content (AvgIpc) is 2.88. The van der Waals surface area contributed by atoms with E-state index in [1.165, 1.54) is 67.1 Å². The van der Waals surface area contributed by atoms with Gasteiger partial charge in [-0.05, 0) is 75.9 Å². The summed E-state index contributed by atoms with van der Waals surface area (Å²) in [5, 5.41) is 3.27. The fraction of sp³-hybridized carbons (Fsp3) is 0.680. The first-order chi connectivity index (χ1) is 16.3. The summed E-state index contributed by atoms with van der Waals surface area (Å²) in [5.74, 6) is -0.693. The minimum Gasteiger partial charge on any atom is -0.366 e. The van der Waals surface area contributed by atoms with Gasteiger partial charge < -0.3 is 11.1 Å².